The van der Waals surface area contributed by atoms with E-state index < -0.39 is 77.7 Å². The molecule has 0 saturated carbocycles. The molecule has 2 bridgehead atoms. The van der Waals surface area contributed by atoms with Crippen molar-refractivity contribution in [2.24, 2.45) is 11.8 Å². The molecule has 0 unspecified atom stereocenters. The van der Waals surface area contributed by atoms with Crippen LogP contribution in [0, 0.1) is 11.8 Å². The van der Waals surface area contributed by atoms with Gasteiger partial charge in [-0.05, 0) is 36.3 Å². The zero-order valence-corrected chi connectivity index (χ0v) is 27.4. The molecule has 48 heavy (non-hydrogen) atoms. The van der Waals surface area contributed by atoms with Crippen molar-refractivity contribution in [3.8, 4) is 0 Å². The van der Waals surface area contributed by atoms with Crippen molar-refractivity contribution in [3.63, 3.8) is 0 Å². The van der Waals surface area contributed by atoms with E-state index in [4.69, 9.17) is 18.9 Å². The molecule has 2 aliphatic rings. The minimum Gasteiger partial charge on any atom is -0.479 e. The lowest BCUT2D eigenvalue weighted by atomic mass is 9.74. The number of carbonyl (C=O) groups excluding carboxylic acids is 2. The molecule has 2 heterocycles. The van der Waals surface area contributed by atoms with Gasteiger partial charge in [0.05, 0.1) is 0 Å². The lowest BCUT2D eigenvalue weighted by molar-refractivity contribution is -0.374. The number of aliphatic hydroxyl groups excluding tert-OH is 1. The second-order valence-corrected chi connectivity index (χ2v) is 12.5. The van der Waals surface area contributed by atoms with Crippen LogP contribution in [-0.2, 0) is 49.3 Å². The Morgan fingerprint density at radius 3 is 2.25 bits per heavy atom. The number of rotatable bonds is 17. The molecule has 264 valence electrons. The fraction of sp³-hybridized carbons (Fsp3) is 0.559. The van der Waals surface area contributed by atoms with E-state index in [2.05, 4.69) is 6.58 Å². The van der Waals surface area contributed by atoms with Gasteiger partial charge < -0.3 is 44.5 Å². The molecule has 0 radical (unpaired) electrons. The lowest BCUT2D eigenvalue weighted by Crippen LogP contribution is -2.78. The molecule has 14 nitrogen and oxygen atoms in total. The van der Waals surface area contributed by atoms with Gasteiger partial charge in [0.2, 0.25) is 23.1 Å². The van der Waals surface area contributed by atoms with Crippen LogP contribution in [0.15, 0.2) is 54.6 Å². The van der Waals surface area contributed by atoms with Crippen LogP contribution in [0.1, 0.15) is 65.4 Å². The zero-order chi connectivity index (χ0) is 36.0. The molecule has 5 N–H and O–H groups in total. The van der Waals surface area contributed by atoms with Crippen molar-refractivity contribution in [1.29, 1.82) is 0 Å². The first kappa shape index (κ1) is 38.3. The molecule has 2 aliphatic heterocycles. The van der Waals surface area contributed by atoms with E-state index in [1.165, 1.54) is 13.0 Å². The van der Waals surface area contributed by atoms with Gasteiger partial charge in [-0.25, -0.2) is 19.2 Å². The van der Waals surface area contributed by atoms with Crippen LogP contribution in [0.25, 0.3) is 0 Å². The molecule has 14 heteroatoms. The average Bonchev–Trinajstić information content (AvgIpc) is 3.24. The SMILES string of the molecule is C=C(CC[C@]12O[C@@H](C(=O)O)[C@@](O)(C(=O)O)[C@](C(=O)O)(O1)[C@H](OC(=O)/C=C/[C@@H](C)CCCC)[C@H]2O)[C@@H](OC(C)=O)[C@H](C)Cc1ccccc1. The molecule has 3 rings (SSSR count). The third-order valence-electron chi connectivity index (χ3n) is 8.83. The van der Waals surface area contributed by atoms with E-state index in [-0.39, 0.29) is 23.8 Å². The van der Waals surface area contributed by atoms with Crippen LogP contribution >= 0.6 is 0 Å². The number of fused-ring (bicyclic) bond motifs is 2. The van der Waals surface area contributed by atoms with Gasteiger partial charge >= 0.3 is 29.8 Å². The number of ether oxygens (including phenoxy) is 4. The van der Waals surface area contributed by atoms with Crippen LogP contribution in [0.3, 0.4) is 0 Å². The number of allylic oxidation sites excluding steroid dienone is 1. The summed E-state index contributed by atoms with van der Waals surface area (Å²) in [4.78, 5) is 62.8. The highest BCUT2D eigenvalue weighted by Gasteiger charge is 2.85. The van der Waals surface area contributed by atoms with Crippen molar-refractivity contribution in [2.45, 2.75) is 108 Å². The first-order valence-electron chi connectivity index (χ1n) is 15.7. The Kier molecular flexibility index (Phi) is 12.3. The molecule has 9 atom stereocenters. The standard InChI is InChI=1S/C34H44O14/c1-6-7-11-19(2)14-15-24(36)46-27-26(37)32(47-28(29(38)39)33(44,30(40)41)34(27,48-32)31(42)43)17-16-20(3)25(45-22(5)35)21(4)18-23-12-9-8-10-13-23/h8-10,12-15,19,21,25-28,37,44H,3,6-7,11,16-18H2,1-2,4-5H3,(H,38,39)(H,40,41)(H,42,43)/b15-14+/t19-,21+,25+,26+,27+,28-,32-,33+,34-/m0/s1. The molecule has 0 spiro atoms. The number of aliphatic carboxylic acids is 3. The fourth-order valence-corrected chi connectivity index (χ4v) is 6.33. The maximum Gasteiger partial charge on any atom is 0.344 e. The first-order chi connectivity index (χ1) is 22.5. The fourth-order valence-electron chi connectivity index (χ4n) is 6.33. The van der Waals surface area contributed by atoms with E-state index in [1.54, 1.807) is 6.92 Å². The second-order valence-electron chi connectivity index (χ2n) is 12.5. The van der Waals surface area contributed by atoms with E-state index in [0.717, 1.165) is 24.5 Å². The maximum atomic E-state index is 12.9. The number of unbranched alkanes of at least 4 members (excludes halogenated alkanes) is 1. The third kappa shape index (κ3) is 7.46. The van der Waals surface area contributed by atoms with Gasteiger partial charge in [0.25, 0.3) is 0 Å². The van der Waals surface area contributed by atoms with E-state index in [0.29, 0.717) is 12.8 Å². The topological polar surface area (TPSA) is 223 Å². The Hall–Kier alpha value is -4.11. The van der Waals surface area contributed by atoms with Crippen molar-refractivity contribution < 1.29 is 68.5 Å². The number of hydrogen-bond donors (Lipinski definition) is 5. The van der Waals surface area contributed by atoms with E-state index in [9.17, 15) is 49.5 Å². The van der Waals surface area contributed by atoms with Gasteiger partial charge in [-0.15, -0.1) is 0 Å². The van der Waals surface area contributed by atoms with Crippen LogP contribution in [0.4, 0.5) is 0 Å². The Morgan fingerprint density at radius 2 is 1.71 bits per heavy atom. The Balaban J connectivity index is 2.02. The lowest BCUT2D eigenvalue weighted by Gasteiger charge is -2.48. The summed E-state index contributed by atoms with van der Waals surface area (Å²) in [6, 6.07) is 9.29. The minimum absolute atomic E-state index is 0.0996. The Bertz CT molecular complexity index is 1410. The molecule has 2 saturated heterocycles. The largest absolute Gasteiger partial charge is 0.479 e. The number of carboxylic acid groups (broad SMARTS) is 3. The molecule has 0 amide bonds. The van der Waals surface area contributed by atoms with Gasteiger partial charge in [0, 0.05) is 25.3 Å². The first-order valence-corrected chi connectivity index (χ1v) is 15.7. The quantitative estimate of drug-likeness (QED) is 0.0909. The number of aliphatic hydroxyl groups is 2. The monoisotopic (exact) mass is 676 g/mol. The highest BCUT2D eigenvalue weighted by molar-refractivity contribution is 5.98. The molecule has 0 aromatic heterocycles. The number of hydrogen-bond acceptors (Lipinski definition) is 11. The Morgan fingerprint density at radius 1 is 1.06 bits per heavy atom. The number of benzene rings is 1. The van der Waals surface area contributed by atoms with Gasteiger partial charge in [0.15, 0.2) is 6.10 Å². The van der Waals surface area contributed by atoms with Crippen LogP contribution in [-0.4, -0.2) is 96.8 Å². The molecule has 0 aliphatic carbocycles. The molecule has 1 aromatic rings. The molecule has 1 aromatic carbocycles. The van der Waals surface area contributed by atoms with Crippen molar-refractivity contribution >= 4 is 29.8 Å². The maximum absolute atomic E-state index is 12.9. The number of esters is 2. The summed E-state index contributed by atoms with van der Waals surface area (Å²) < 4.78 is 22.0. The summed E-state index contributed by atoms with van der Waals surface area (Å²) in [5, 5.41) is 53.4. The molecular weight excluding hydrogens is 632 g/mol. The van der Waals surface area contributed by atoms with Gasteiger partial charge in [-0.3, -0.25) is 4.79 Å². The number of carboxylic acids is 3. The normalized spacial score (nSPS) is 29.8. The van der Waals surface area contributed by atoms with Gasteiger partial charge in [-0.2, -0.15) is 0 Å². The highest BCUT2D eigenvalue weighted by atomic mass is 16.8. The van der Waals surface area contributed by atoms with E-state index in [1.807, 2.05) is 44.2 Å². The zero-order valence-electron chi connectivity index (χ0n) is 27.4. The van der Waals surface area contributed by atoms with Crippen LogP contribution in [0.2, 0.25) is 0 Å². The van der Waals surface area contributed by atoms with Crippen molar-refractivity contribution in [2.75, 3.05) is 0 Å². The summed E-state index contributed by atoms with van der Waals surface area (Å²) in [6.45, 7) is 10.8. The summed E-state index contributed by atoms with van der Waals surface area (Å²) in [5.74, 6) is -11.6. The summed E-state index contributed by atoms with van der Waals surface area (Å²) >= 11 is 0. The molecular formula is C34H44O14. The van der Waals surface area contributed by atoms with Crippen LogP contribution in [0.5, 0.6) is 0 Å². The summed E-state index contributed by atoms with van der Waals surface area (Å²) in [6.07, 6.45) is -3.95. The smallest absolute Gasteiger partial charge is 0.344 e. The van der Waals surface area contributed by atoms with Crippen molar-refractivity contribution in [3.05, 3.63) is 60.2 Å². The summed E-state index contributed by atoms with van der Waals surface area (Å²) in [5.41, 5.74) is -6.26. The van der Waals surface area contributed by atoms with Crippen LogP contribution < -0.4 is 0 Å². The average molecular weight is 677 g/mol. The minimum atomic E-state index is -3.89. The predicted octanol–water partition coefficient (Wildman–Crippen LogP) is 2.64. The van der Waals surface area contributed by atoms with Crippen molar-refractivity contribution in [1.82, 2.24) is 0 Å². The summed E-state index contributed by atoms with van der Waals surface area (Å²) in [7, 11) is 0. The van der Waals surface area contributed by atoms with Gasteiger partial charge in [0.1, 0.15) is 12.2 Å². The number of carbonyl (C=O) groups is 5. The highest BCUT2D eigenvalue weighted by Crippen LogP contribution is 2.56. The second kappa shape index (κ2) is 15.4. The third-order valence-corrected chi connectivity index (χ3v) is 8.83. The van der Waals surface area contributed by atoms with Gasteiger partial charge in [-0.1, -0.05) is 76.6 Å². The van der Waals surface area contributed by atoms with E-state index >= 15 is 0 Å². The predicted molar refractivity (Wildman–Crippen MR) is 166 cm³/mol. The molecule has 2 fully saturated rings. The Labute approximate surface area is 277 Å².